The fourth-order valence-corrected chi connectivity index (χ4v) is 2.51. The molecule has 1 aliphatic rings. The number of alkyl halides is 3. The van der Waals surface area contributed by atoms with Crippen LogP contribution < -0.4 is 14.8 Å². The van der Waals surface area contributed by atoms with E-state index in [-0.39, 0.29) is 19.4 Å². The molecule has 0 aliphatic carbocycles. The van der Waals surface area contributed by atoms with Crippen LogP contribution in [0.5, 0.6) is 11.5 Å². The topological polar surface area (TPSA) is 50.8 Å². The minimum absolute atomic E-state index is 0.182. The minimum Gasteiger partial charge on any atom is -0.454 e. The number of fused-ring (bicyclic) bond motifs is 1. The Hall–Kier alpha value is -2.90. The molecule has 0 saturated heterocycles. The van der Waals surface area contributed by atoms with Crippen LogP contribution in [0.1, 0.15) is 16.7 Å². The lowest BCUT2D eigenvalue weighted by atomic mass is 10.1. The molecule has 0 atom stereocenters. The van der Waals surface area contributed by atoms with Crippen molar-refractivity contribution in [2.45, 2.75) is 19.3 Å². The normalized spacial score (nSPS) is 12.8. The van der Waals surface area contributed by atoms with Crippen molar-refractivity contribution in [1.29, 1.82) is 0 Å². The fraction of sp³-hybridized carbons (Fsp3) is 0.278. The van der Waals surface area contributed by atoms with Gasteiger partial charge in [0, 0.05) is 20.1 Å². The van der Waals surface area contributed by atoms with Crippen LogP contribution in [0.25, 0.3) is 0 Å². The fourth-order valence-electron chi connectivity index (χ4n) is 2.51. The Balaban J connectivity index is 1.53. The van der Waals surface area contributed by atoms with Gasteiger partial charge in [0.25, 0.3) is 0 Å². The minimum atomic E-state index is -4.37. The third-order valence-corrected chi connectivity index (χ3v) is 3.93. The van der Waals surface area contributed by atoms with E-state index in [0.29, 0.717) is 23.6 Å². The summed E-state index contributed by atoms with van der Waals surface area (Å²) in [4.78, 5) is 13.6. The summed E-state index contributed by atoms with van der Waals surface area (Å²) in [5, 5.41) is 2.76. The number of hydrogen-bond acceptors (Lipinski definition) is 3. The Labute approximate surface area is 148 Å². The van der Waals surface area contributed by atoms with Gasteiger partial charge in [-0.25, -0.2) is 4.79 Å². The van der Waals surface area contributed by atoms with Gasteiger partial charge in [0.1, 0.15) is 0 Å². The average molecular weight is 366 g/mol. The van der Waals surface area contributed by atoms with E-state index in [1.807, 2.05) is 6.07 Å². The third-order valence-electron chi connectivity index (χ3n) is 3.93. The van der Waals surface area contributed by atoms with Gasteiger partial charge in [-0.2, -0.15) is 13.2 Å². The Morgan fingerprint density at radius 3 is 2.42 bits per heavy atom. The van der Waals surface area contributed by atoms with Crippen LogP contribution >= 0.6 is 0 Å². The molecule has 5 nitrogen and oxygen atoms in total. The number of amides is 2. The highest BCUT2D eigenvalue weighted by Crippen LogP contribution is 2.32. The molecule has 8 heteroatoms. The van der Waals surface area contributed by atoms with E-state index >= 15 is 0 Å². The average Bonchev–Trinajstić information content (AvgIpc) is 3.07. The van der Waals surface area contributed by atoms with Crippen molar-refractivity contribution in [1.82, 2.24) is 10.2 Å². The molecule has 1 heterocycles. The van der Waals surface area contributed by atoms with Crippen LogP contribution in [0, 0.1) is 0 Å². The number of halogens is 3. The van der Waals surface area contributed by atoms with E-state index in [1.54, 1.807) is 19.2 Å². The van der Waals surface area contributed by atoms with Gasteiger partial charge in [-0.05, 0) is 35.4 Å². The number of rotatable bonds is 4. The van der Waals surface area contributed by atoms with E-state index < -0.39 is 11.7 Å². The number of ether oxygens (including phenoxy) is 2. The quantitative estimate of drug-likeness (QED) is 0.896. The van der Waals surface area contributed by atoms with E-state index in [2.05, 4.69) is 5.32 Å². The lowest BCUT2D eigenvalue weighted by molar-refractivity contribution is -0.137. The largest absolute Gasteiger partial charge is 0.454 e. The van der Waals surface area contributed by atoms with Crippen LogP contribution in [0.2, 0.25) is 0 Å². The van der Waals surface area contributed by atoms with Crippen molar-refractivity contribution in [3.63, 3.8) is 0 Å². The Morgan fingerprint density at radius 1 is 1.08 bits per heavy atom. The summed E-state index contributed by atoms with van der Waals surface area (Å²) in [6.07, 6.45) is -4.37. The maximum absolute atomic E-state index is 12.6. The second-order valence-electron chi connectivity index (χ2n) is 5.90. The molecule has 2 aromatic rings. The smallest absolute Gasteiger partial charge is 0.416 e. The Morgan fingerprint density at radius 2 is 1.73 bits per heavy atom. The van der Waals surface area contributed by atoms with Crippen molar-refractivity contribution >= 4 is 6.03 Å². The number of nitrogens with one attached hydrogen (secondary N) is 1. The predicted molar refractivity (Wildman–Crippen MR) is 87.7 cm³/mol. The highest BCUT2D eigenvalue weighted by molar-refractivity contribution is 5.73. The molecule has 0 radical (unpaired) electrons. The highest BCUT2D eigenvalue weighted by Gasteiger charge is 2.30. The molecule has 0 aromatic heterocycles. The van der Waals surface area contributed by atoms with Gasteiger partial charge in [0.2, 0.25) is 6.79 Å². The molecule has 0 fully saturated rings. The van der Waals surface area contributed by atoms with Crippen LogP contribution in [-0.2, 0) is 19.3 Å². The summed E-state index contributed by atoms with van der Waals surface area (Å²) in [6.45, 7) is 0.680. The van der Waals surface area contributed by atoms with Crippen LogP contribution in [0.15, 0.2) is 42.5 Å². The first kappa shape index (κ1) is 17.9. The van der Waals surface area contributed by atoms with E-state index in [9.17, 15) is 18.0 Å². The molecule has 26 heavy (non-hydrogen) atoms. The lowest BCUT2D eigenvalue weighted by Crippen LogP contribution is -2.36. The molecule has 1 N–H and O–H groups in total. The van der Waals surface area contributed by atoms with Crippen LogP contribution in [0.3, 0.4) is 0 Å². The number of nitrogens with zero attached hydrogens (tertiary/aromatic N) is 1. The molecule has 2 aromatic carbocycles. The molecule has 138 valence electrons. The summed E-state index contributed by atoms with van der Waals surface area (Å²) in [5.74, 6) is 1.30. The van der Waals surface area contributed by atoms with Crippen molar-refractivity contribution < 1.29 is 27.4 Å². The third kappa shape index (κ3) is 4.19. The number of urea groups is 1. The van der Waals surface area contributed by atoms with E-state index in [0.717, 1.165) is 17.7 Å². The van der Waals surface area contributed by atoms with Gasteiger partial charge in [-0.1, -0.05) is 18.2 Å². The van der Waals surface area contributed by atoms with Crippen LogP contribution in [0.4, 0.5) is 18.0 Å². The number of carbonyl (C=O) groups excluding carboxylic acids is 1. The molecule has 2 amide bonds. The van der Waals surface area contributed by atoms with Gasteiger partial charge in [-0.15, -0.1) is 0 Å². The van der Waals surface area contributed by atoms with Crippen molar-refractivity contribution in [3.8, 4) is 11.5 Å². The first-order valence-corrected chi connectivity index (χ1v) is 7.86. The molecule has 0 spiro atoms. The summed E-state index contributed by atoms with van der Waals surface area (Å²) < 4.78 is 48.2. The molecule has 0 bridgehead atoms. The standard InChI is InChI=1S/C18H17F3N2O3/c1-23(10-12-2-5-14(6-3-12)18(19,20)21)17(24)22-9-13-4-7-15-16(8-13)26-11-25-15/h2-8H,9-11H2,1H3,(H,22,24). The van der Waals surface area contributed by atoms with E-state index in [4.69, 9.17) is 9.47 Å². The first-order valence-electron chi connectivity index (χ1n) is 7.86. The maximum Gasteiger partial charge on any atom is 0.416 e. The molecular weight excluding hydrogens is 349 g/mol. The summed E-state index contributed by atoms with van der Waals surface area (Å²) in [6, 6.07) is 9.80. The molecule has 0 unspecified atom stereocenters. The Bertz CT molecular complexity index is 791. The van der Waals surface area contributed by atoms with E-state index in [1.165, 1.54) is 17.0 Å². The van der Waals surface area contributed by atoms with Crippen molar-refractivity contribution in [2.75, 3.05) is 13.8 Å². The van der Waals surface area contributed by atoms with Gasteiger partial charge < -0.3 is 19.7 Å². The summed E-state index contributed by atoms with van der Waals surface area (Å²) in [5.41, 5.74) is 0.750. The zero-order valence-electron chi connectivity index (χ0n) is 14.0. The second-order valence-corrected chi connectivity index (χ2v) is 5.90. The number of benzene rings is 2. The monoisotopic (exact) mass is 366 g/mol. The molecule has 1 aliphatic heterocycles. The van der Waals surface area contributed by atoms with Crippen molar-refractivity contribution in [2.24, 2.45) is 0 Å². The second kappa shape index (κ2) is 7.15. The maximum atomic E-state index is 12.6. The zero-order chi connectivity index (χ0) is 18.7. The van der Waals surface area contributed by atoms with Crippen molar-refractivity contribution in [3.05, 3.63) is 59.2 Å². The van der Waals surface area contributed by atoms with Gasteiger partial charge in [-0.3, -0.25) is 0 Å². The molecule has 0 saturated carbocycles. The molecule has 3 rings (SSSR count). The summed E-state index contributed by atoms with van der Waals surface area (Å²) in [7, 11) is 1.58. The Kier molecular flexibility index (Phi) is 4.92. The highest BCUT2D eigenvalue weighted by atomic mass is 19.4. The lowest BCUT2D eigenvalue weighted by Gasteiger charge is -2.18. The van der Waals surface area contributed by atoms with Crippen LogP contribution in [-0.4, -0.2) is 24.8 Å². The number of hydrogen-bond donors (Lipinski definition) is 1. The number of carbonyl (C=O) groups is 1. The van der Waals surface area contributed by atoms with Gasteiger partial charge in [0.15, 0.2) is 11.5 Å². The predicted octanol–water partition coefficient (Wildman–Crippen LogP) is 3.78. The first-order chi connectivity index (χ1) is 12.3. The SMILES string of the molecule is CN(Cc1ccc(C(F)(F)F)cc1)C(=O)NCc1ccc2c(c1)OCO2. The molecular formula is C18H17F3N2O3. The zero-order valence-corrected chi connectivity index (χ0v) is 14.0. The van der Waals surface area contributed by atoms with Gasteiger partial charge >= 0.3 is 12.2 Å². The van der Waals surface area contributed by atoms with Gasteiger partial charge in [0.05, 0.1) is 5.56 Å². The summed E-state index contributed by atoms with van der Waals surface area (Å²) >= 11 is 0.